The zero-order valence-corrected chi connectivity index (χ0v) is 50.9. The lowest BCUT2D eigenvalue weighted by Gasteiger charge is -2.35. The third kappa shape index (κ3) is 12.7. The van der Waals surface area contributed by atoms with Gasteiger partial charge in [0.25, 0.3) is 5.92 Å². The number of hydrogen-bond acceptors (Lipinski definition) is 8. The first-order valence-corrected chi connectivity index (χ1v) is 32.0. The second-order valence-electron chi connectivity index (χ2n) is 22.2. The van der Waals surface area contributed by atoms with E-state index < -0.39 is 71.4 Å². The summed E-state index contributed by atoms with van der Waals surface area (Å²) < 4.78 is 176. The number of benzene rings is 1. The highest BCUT2D eigenvalue weighted by molar-refractivity contribution is 7.32. The minimum Gasteiger partial charge on any atom is -0.461 e. The third-order valence-corrected chi connectivity index (χ3v) is 23.6. The molecule has 1 aromatic carbocycles. The maximum atomic E-state index is 17.0. The van der Waals surface area contributed by atoms with Crippen molar-refractivity contribution >= 4 is 104 Å². The summed E-state index contributed by atoms with van der Waals surface area (Å²) in [7, 11) is 0. The summed E-state index contributed by atoms with van der Waals surface area (Å²) in [6, 6.07) is 13.5. The number of fused-ring (bicyclic) bond motifs is 3. The lowest BCUT2D eigenvalue weighted by Crippen LogP contribution is -2.61. The average molecular weight is 1230 g/mol. The number of hydrogen-bond donors (Lipinski definition) is 0. The monoisotopic (exact) mass is 1230 g/mol. The summed E-state index contributed by atoms with van der Waals surface area (Å²) in [5.74, 6) is -27.6. The number of carbonyl (C=O) groups is 1. The average Bonchev–Trinajstić information content (AvgIpc) is 4.47. The molecule has 6 heterocycles. The van der Waals surface area contributed by atoms with Crippen molar-refractivity contribution in [3.8, 4) is 30.6 Å². The van der Waals surface area contributed by atoms with Crippen LogP contribution in [0, 0.1) is 17.7 Å². The number of carbonyl (C=O) groups excluding carboxylic acids is 1. The van der Waals surface area contributed by atoms with Gasteiger partial charge in [0.2, 0.25) is 0 Å². The van der Waals surface area contributed by atoms with Crippen molar-refractivity contribution in [2.45, 2.75) is 200 Å². The Hall–Kier alpha value is -3.17. The molecule has 20 heteroatoms. The van der Waals surface area contributed by atoms with Gasteiger partial charge >= 0.3 is 29.9 Å². The van der Waals surface area contributed by atoms with Crippen LogP contribution in [0.3, 0.4) is 0 Å². The van der Waals surface area contributed by atoms with Gasteiger partial charge in [-0.25, -0.2) is 18.0 Å². The molecule has 0 N–H and O–H groups in total. The molecule has 7 rings (SSSR count). The van der Waals surface area contributed by atoms with Crippen LogP contribution in [0.15, 0.2) is 36.4 Å². The molecule has 6 aromatic heterocycles. The van der Waals surface area contributed by atoms with E-state index in [-0.39, 0.29) is 10.8 Å². The molecule has 0 aliphatic carbocycles. The maximum Gasteiger partial charge on any atom is 0.460 e. The summed E-state index contributed by atoms with van der Waals surface area (Å²) in [5, 5.41) is 2.27. The van der Waals surface area contributed by atoms with Gasteiger partial charge in [-0.3, -0.25) is 0 Å². The largest absolute Gasteiger partial charge is 0.461 e. The lowest BCUT2D eigenvalue weighted by atomic mass is 9.87. The Morgan fingerprint density at radius 3 is 1.61 bits per heavy atom. The van der Waals surface area contributed by atoms with Crippen molar-refractivity contribution in [2.75, 3.05) is 6.61 Å². The predicted molar refractivity (Wildman–Crippen MR) is 309 cm³/mol. The molecule has 0 saturated heterocycles. The molecule has 0 radical (unpaired) electrons. The molecule has 2 nitrogen and oxygen atoms in total. The molecule has 2 atom stereocenters. The summed E-state index contributed by atoms with van der Waals surface area (Å²) >= 11 is 9.09. The van der Waals surface area contributed by atoms with Crippen LogP contribution in [0.1, 0.15) is 175 Å². The molecule has 0 fully saturated rings. The van der Waals surface area contributed by atoms with Gasteiger partial charge in [-0.1, -0.05) is 121 Å². The normalized spacial score (nSPS) is 14.4. The number of ether oxygens (including phenoxy) is 1. The zero-order valence-electron chi connectivity index (χ0n) is 46.0. The fourth-order valence-corrected chi connectivity index (χ4v) is 17.8. The number of thiophene rings is 6. The number of unbranched alkanes of at least 4 members (excludes halogenated alkanes) is 2. The highest BCUT2D eigenvalue weighted by Crippen LogP contribution is 2.59. The Labute approximate surface area is 479 Å². The van der Waals surface area contributed by atoms with Gasteiger partial charge in [0, 0.05) is 77.2 Å². The SMILES string of the molecule is CCCCC(CC)Cc1ccc(-c2c3cc(C(C)(C)CC)sc3c(-c3ccc(CC(CC)CCCC)s3)c3cc(-c4sc(C(C)(C)CC)c5c(F)c(C(=O)OCCC(F)(F)CC(F)(F)C(F)(F)C(F)(F)C(F)(F)F)sc45)sc23)s1. The fraction of sp³-hybridized carbons (Fsp3) is 0.576. The van der Waals surface area contributed by atoms with E-state index in [1.54, 1.807) is 34.0 Å². The minimum atomic E-state index is -7.36. The van der Waals surface area contributed by atoms with Crippen molar-refractivity contribution < 1.29 is 62.2 Å². The zero-order chi connectivity index (χ0) is 58.4. The van der Waals surface area contributed by atoms with Crippen molar-refractivity contribution in [3.05, 3.63) is 66.6 Å². The molecule has 0 bridgehead atoms. The molecule has 0 aliphatic heterocycles. The van der Waals surface area contributed by atoms with E-state index in [0.29, 0.717) is 44.0 Å². The van der Waals surface area contributed by atoms with Crippen LogP contribution >= 0.6 is 68.0 Å². The Kier molecular flexibility index (Phi) is 19.4. The van der Waals surface area contributed by atoms with Gasteiger partial charge < -0.3 is 4.74 Å². The highest BCUT2D eigenvalue weighted by atomic mass is 32.1. The first kappa shape index (κ1) is 63.4. The van der Waals surface area contributed by atoms with Gasteiger partial charge in [-0.2, -0.15) is 39.5 Å². The van der Waals surface area contributed by atoms with Crippen molar-refractivity contribution in [1.29, 1.82) is 0 Å². The Morgan fingerprint density at radius 1 is 0.595 bits per heavy atom. The number of rotatable bonds is 27. The Balaban J connectivity index is 1.38. The molecular formula is C59H68F12O2S6. The predicted octanol–water partition coefficient (Wildman–Crippen LogP) is 23.6. The summed E-state index contributed by atoms with van der Waals surface area (Å²) in [5.41, 5.74) is 1.42. The van der Waals surface area contributed by atoms with E-state index >= 15 is 4.39 Å². The van der Waals surface area contributed by atoms with E-state index in [4.69, 9.17) is 4.74 Å². The van der Waals surface area contributed by atoms with Crippen molar-refractivity contribution in [2.24, 2.45) is 11.8 Å². The Morgan fingerprint density at radius 2 is 1.11 bits per heavy atom. The molecular weight excluding hydrogens is 1160 g/mol. The van der Waals surface area contributed by atoms with Crippen LogP contribution in [0.2, 0.25) is 0 Å². The van der Waals surface area contributed by atoms with Crippen LogP contribution in [0.4, 0.5) is 52.7 Å². The Bertz CT molecular complexity index is 3120. The second-order valence-corrected chi connectivity index (χ2v) is 28.7. The molecule has 0 spiro atoms. The van der Waals surface area contributed by atoms with Crippen molar-refractivity contribution in [3.63, 3.8) is 0 Å². The van der Waals surface area contributed by atoms with Gasteiger partial charge in [0.15, 0.2) is 5.82 Å². The molecule has 0 saturated carbocycles. The lowest BCUT2D eigenvalue weighted by molar-refractivity contribution is -0.401. The second kappa shape index (κ2) is 24.2. The van der Waals surface area contributed by atoms with Crippen molar-refractivity contribution in [1.82, 2.24) is 0 Å². The highest BCUT2D eigenvalue weighted by Gasteiger charge is 2.82. The summed E-state index contributed by atoms with van der Waals surface area (Å²) in [4.78, 5) is 21.2. The molecule has 0 amide bonds. The van der Waals surface area contributed by atoms with Crippen LogP contribution in [-0.4, -0.2) is 42.4 Å². The summed E-state index contributed by atoms with van der Waals surface area (Å²) in [6.45, 7) is 19.9. The van der Waals surface area contributed by atoms with Gasteiger partial charge in [-0.15, -0.1) is 68.0 Å². The number of esters is 1. The molecule has 436 valence electrons. The first-order chi connectivity index (χ1) is 36.8. The van der Waals surface area contributed by atoms with E-state index in [2.05, 4.69) is 84.9 Å². The smallest absolute Gasteiger partial charge is 0.460 e. The fourth-order valence-electron chi connectivity index (χ4n) is 9.77. The molecule has 0 aliphatic rings. The molecule has 2 unspecified atom stereocenters. The van der Waals surface area contributed by atoms with E-state index in [0.717, 1.165) is 117 Å². The van der Waals surface area contributed by atoms with Crippen LogP contribution in [0.5, 0.6) is 0 Å². The first-order valence-electron chi connectivity index (χ1n) is 27.1. The van der Waals surface area contributed by atoms with Gasteiger partial charge in [0.1, 0.15) is 4.88 Å². The van der Waals surface area contributed by atoms with E-state index in [1.807, 2.05) is 32.1 Å². The quantitative estimate of drug-likeness (QED) is 0.0379. The van der Waals surface area contributed by atoms with Crippen LogP contribution in [-0.2, 0) is 28.4 Å². The number of halogens is 12. The minimum absolute atomic E-state index is 0.111. The van der Waals surface area contributed by atoms with E-state index in [1.165, 1.54) is 26.0 Å². The van der Waals surface area contributed by atoms with Gasteiger partial charge in [0.05, 0.1) is 22.6 Å². The van der Waals surface area contributed by atoms with Gasteiger partial charge in [-0.05, 0) is 84.7 Å². The van der Waals surface area contributed by atoms with E-state index in [9.17, 15) is 53.1 Å². The third-order valence-electron chi connectivity index (χ3n) is 15.7. The topological polar surface area (TPSA) is 26.3 Å². The maximum absolute atomic E-state index is 17.0. The molecule has 79 heavy (non-hydrogen) atoms. The van der Waals surface area contributed by atoms with Crippen LogP contribution in [0.25, 0.3) is 60.9 Å². The standard InChI is InChI=1S/C59H68F12O2S6/c1-11-17-19-32(13-3)27-34-21-23-38(74-34)42-36-29-40(76-46(36)43(37-30-41(77-47(37)42)53(7,8)15-5)39-24-22-35(75-39)28-33(14-4)20-18-12-2)48-49-44(51(79-48)54(9,10)16-6)45(60)50(78-49)52(72)73-26-25-55(61,62)31-56(63,64)57(65,66)58(67,68)59(69,70)71/h21-24,29-30,32-33H,11-20,25-28,31H2,1-10H3. The summed E-state index contributed by atoms with van der Waals surface area (Å²) in [6.07, 6.45) is -0.172. The van der Waals surface area contributed by atoms with Crippen LogP contribution < -0.4 is 0 Å². The molecule has 7 aromatic rings. The number of alkyl halides is 11.